The number of aryl methyl sites for hydroxylation is 1. The van der Waals surface area contributed by atoms with Gasteiger partial charge in [-0.2, -0.15) is 0 Å². The summed E-state index contributed by atoms with van der Waals surface area (Å²) in [5.74, 6) is 1.11. The fraction of sp³-hybridized carbons (Fsp3) is 0.583. The number of hydrogen-bond donors (Lipinski definition) is 0. The van der Waals surface area contributed by atoms with Gasteiger partial charge in [0.1, 0.15) is 0 Å². The Morgan fingerprint density at radius 1 is 1.29 bits per heavy atom. The summed E-state index contributed by atoms with van der Waals surface area (Å²) >= 11 is 3.67. The molecule has 0 saturated heterocycles. The second kappa shape index (κ2) is 4.92. The molecule has 0 saturated carbocycles. The van der Waals surface area contributed by atoms with E-state index in [0.717, 1.165) is 0 Å². The van der Waals surface area contributed by atoms with Crippen LogP contribution in [0, 0.1) is 12.8 Å². The molecule has 0 amide bonds. The van der Waals surface area contributed by atoms with Crippen molar-refractivity contribution in [3.05, 3.63) is 29.6 Å². The summed E-state index contributed by atoms with van der Waals surface area (Å²) in [4.78, 5) is 4.96. The van der Waals surface area contributed by atoms with Crippen LogP contribution in [0.1, 0.15) is 37.9 Å². The first-order valence-corrected chi connectivity index (χ1v) is 6.01. The van der Waals surface area contributed by atoms with Crippen molar-refractivity contribution in [2.45, 2.75) is 38.4 Å². The van der Waals surface area contributed by atoms with Gasteiger partial charge in [0, 0.05) is 22.6 Å². The Hall–Kier alpha value is -0.370. The quantitative estimate of drug-likeness (QED) is 0.747. The fourth-order valence-corrected chi connectivity index (χ4v) is 2.77. The van der Waals surface area contributed by atoms with E-state index in [1.165, 1.54) is 11.3 Å². The van der Waals surface area contributed by atoms with E-state index >= 15 is 0 Å². The Kier molecular flexibility index (Phi) is 4.11. The molecule has 78 valence electrons. The van der Waals surface area contributed by atoms with Gasteiger partial charge in [0.2, 0.25) is 0 Å². The van der Waals surface area contributed by atoms with Gasteiger partial charge in [-0.15, -0.1) is 0 Å². The van der Waals surface area contributed by atoms with Gasteiger partial charge in [0.05, 0.1) is 0 Å². The van der Waals surface area contributed by atoms with E-state index < -0.39 is 0 Å². The van der Waals surface area contributed by atoms with E-state index in [9.17, 15) is 0 Å². The minimum Gasteiger partial charge on any atom is -0.261 e. The van der Waals surface area contributed by atoms with Crippen molar-refractivity contribution in [3.63, 3.8) is 0 Å². The third-order valence-corrected chi connectivity index (χ3v) is 3.15. The largest absolute Gasteiger partial charge is 0.261 e. The van der Waals surface area contributed by atoms with Crippen LogP contribution in [0.2, 0.25) is 0 Å². The summed E-state index contributed by atoms with van der Waals surface area (Å²) in [6.45, 7) is 8.82. The molecule has 0 aliphatic rings. The number of pyridine rings is 1. The molecule has 2 atom stereocenters. The molecule has 1 heterocycles. The molecular formula is C12H18BrN. The molecule has 0 aromatic carbocycles. The lowest BCUT2D eigenvalue weighted by atomic mass is 9.87. The summed E-state index contributed by atoms with van der Waals surface area (Å²) in [5, 5.41) is 0. The maximum Gasteiger partial charge on any atom is 0.0477 e. The predicted molar refractivity (Wildman–Crippen MR) is 64.9 cm³/mol. The van der Waals surface area contributed by atoms with E-state index in [1.54, 1.807) is 0 Å². The second-order valence-corrected chi connectivity index (χ2v) is 5.60. The molecule has 1 rings (SSSR count). The highest BCUT2D eigenvalue weighted by Crippen LogP contribution is 2.32. The Morgan fingerprint density at radius 3 is 2.36 bits per heavy atom. The second-order valence-electron chi connectivity index (χ2n) is 4.15. The smallest absolute Gasteiger partial charge is 0.0477 e. The van der Waals surface area contributed by atoms with Gasteiger partial charge in [-0.25, -0.2) is 0 Å². The normalized spacial score (nSPS) is 15.6. The highest BCUT2D eigenvalue weighted by atomic mass is 79.9. The van der Waals surface area contributed by atoms with E-state index in [1.807, 2.05) is 12.3 Å². The molecule has 0 fully saturated rings. The fourth-order valence-electron chi connectivity index (χ4n) is 1.91. The highest BCUT2D eigenvalue weighted by molar-refractivity contribution is 9.09. The molecule has 1 aromatic heterocycles. The molecule has 0 radical (unpaired) electrons. The summed E-state index contributed by atoms with van der Waals surface area (Å²) in [7, 11) is 0. The first kappa shape index (κ1) is 11.7. The predicted octanol–water partition coefficient (Wildman–Crippen LogP) is 3.91. The molecule has 0 aliphatic carbocycles. The van der Waals surface area contributed by atoms with Gasteiger partial charge < -0.3 is 0 Å². The van der Waals surface area contributed by atoms with Gasteiger partial charge in [-0.05, 0) is 24.5 Å². The Bertz CT molecular complexity index is 286. The molecule has 0 bridgehead atoms. The van der Waals surface area contributed by atoms with Gasteiger partial charge >= 0.3 is 0 Å². The molecule has 0 aliphatic heterocycles. The third-order valence-electron chi connectivity index (χ3n) is 2.58. The molecule has 2 unspecified atom stereocenters. The lowest BCUT2D eigenvalue weighted by Gasteiger charge is -2.24. The average Bonchev–Trinajstić information content (AvgIpc) is 2.07. The summed E-state index contributed by atoms with van der Waals surface area (Å²) in [5.41, 5.74) is 2.52. The van der Waals surface area contributed by atoms with Gasteiger partial charge in [0.25, 0.3) is 0 Å². The van der Waals surface area contributed by atoms with Crippen LogP contribution in [0.4, 0.5) is 0 Å². The number of alkyl halides is 1. The first-order chi connectivity index (χ1) is 6.54. The summed E-state index contributed by atoms with van der Waals surface area (Å²) in [6, 6.07) is 4.13. The Morgan fingerprint density at radius 2 is 1.93 bits per heavy atom. The van der Waals surface area contributed by atoms with E-state index in [4.69, 9.17) is 0 Å². The van der Waals surface area contributed by atoms with Crippen molar-refractivity contribution in [1.29, 1.82) is 0 Å². The Labute approximate surface area is 95.1 Å². The van der Waals surface area contributed by atoms with Crippen LogP contribution in [0.25, 0.3) is 0 Å². The zero-order valence-electron chi connectivity index (χ0n) is 9.29. The van der Waals surface area contributed by atoms with Crippen LogP contribution in [0.3, 0.4) is 0 Å². The molecular weight excluding hydrogens is 238 g/mol. The maximum atomic E-state index is 4.49. The van der Waals surface area contributed by atoms with Crippen molar-refractivity contribution >= 4 is 15.9 Å². The van der Waals surface area contributed by atoms with E-state index in [0.29, 0.717) is 16.7 Å². The minimum atomic E-state index is 0.469. The Balaban J connectivity index is 3.05. The third kappa shape index (κ3) is 2.57. The van der Waals surface area contributed by atoms with E-state index in [2.05, 4.69) is 54.7 Å². The van der Waals surface area contributed by atoms with Crippen LogP contribution in [-0.2, 0) is 0 Å². The van der Waals surface area contributed by atoms with Crippen molar-refractivity contribution in [2.24, 2.45) is 5.92 Å². The van der Waals surface area contributed by atoms with Crippen molar-refractivity contribution in [2.75, 3.05) is 0 Å². The average molecular weight is 256 g/mol. The van der Waals surface area contributed by atoms with Crippen LogP contribution in [0.5, 0.6) is 0 Å². The number of halogens is 1. The molecule has 0 N–H and O–H groups in total. The molecule has 1 nitrogen and oxygen atoms in total. The monoisotopic (exact) mass is 255 g/mol. The van der Waals surface area contributed by atoms with Crippen LogP contribution in [-0.4, -0.2) is 9.81 Å². The van der Waals surface area contributed by atoms with Crippen molar-refractivity contribution in [1.82, 2.24) is 4.98 Å². The van der Waals surface area contributed by atoms with Gasteiger partial charge in [0.15, 0.2) is 0 Å². The van der Waals surface area contributed by atoms with Crippen molar-refractivity contribution < 1.29 is 0 Å². The molecule has 0 spiro atoms. The summed E-state index contributed by atoms with van der Waals surface area (Å²) in [6.07, 6.45) is 1.88. The first-order valence-electron chi connectivity index (χ1n) is 5.09. The van der Waals surface area contributed by atoms with Gasteiger partial charge in [-0.1, -0.05) is 42.8 Å². The van der Waals surface area contributed by atoms with Crippen molar-refractivity contribution in [3.8, 4) is 0 Å². The zero-order chi connectivity index (χ0) is 10.7. The lowest BCUT2D eigenvalue weighted by molar-refractivity contribution is 0.486. The minimum absolute atomic E-state index is 0.469. The molecule has 1 aromatic rings. The van der Waals surface area contributed by atoms with E-state index in [-0.39, 0.29) is 0 Å². The molecule has 2 heteroatoms. The number of aromatic nitrogens is 1. The number of nitrogens with zero attached hydrogens (tertiary/aromatic N) is 1. The van der Waals surface area contributed by atoms with Crippen LogP contribution < -0.4 is 0 Å². The highest BCUT2D eigenvalue weighted by Gasteiger charge is 2.23. The van der Waals surface area contributed by atoms with Crippen LogP contribution in [0.15, 0.2) is 18.3 Å². The van der Waals surface area contributed by atoms with Gasteiger partial charge in [-0.3, -0.25) is 4.98 Å². The zero-order valence-corrected chi connectivity index (χ0v) is 10.9. The maximum absolute atomic E-state index is 4.49. The standard InChI is InChI=1S/C12H18BrN/c1-8(2)11(10(4)13)12-9(3)6-5-7-14-12/h5-8,10-11H,1-4H3. The summed E-state index contributed by atoms with van der Waals surface area (Å²) < 4.78 is 0. The van der Waals surface area contributed by atoms with Crippen LogP contribution >= 0.6 is 15.9 Å². The number of hydrogen-bond acceptors (Lipinski definition) is 1. The SMILES string of the molecule is Cc1cccnc1C(C(C)C)C(C)Br. The number of rotatable bonds is 3. The lowest BCUT2D eigenvalue weighted by Crippen LogP contribution is -2.17. The molecule has 14 heavy (non-hydrogen) atoms. The topological polar surface area (TPSA) is 12.9 Å².